The van der Waals surface area contributed by atoms with E-state index in [1.165, 1.54) is 17.7 Å². The highest BCUT2D eigenvalue weighted by Gasteiger charge is 2.39. The minimum absolute atomic E-state index is 0.146. The average molecular weight is 341 g/mol. The Kier molecular flexibility index (Phi) is 2.99. The van der Waals surface area contributed by atoms with Crippen LogP contribution in [-0.4, -0.2) is 34.0 Å². The third-order valence-electron chi connectivity index (χ3n) is 3.93. The van der Waals surface area contributed by atoms with E-state index in [0.29, 0.717) is 17.4 Å². The lowest BCUT2D eigenvalue weighted by Crippen LogP contribution is -2.25. The van der Waals surface area contributed by atoms with Crippen LogP contribution >= 0.6 is 22.9 Å². The van der Waals surface area contributed by atoms with Crippen LogP contribution in [0.4, 0.5) is 14.6 Å². The number of aromatic nitrogens is 3. The number of rotatable bonds is 1. The molecule has 4 heterocycles. The van der Waals surface area contributed by atoms with Crippen LogP contribution in [0.2, 0.25) is 5.02 Å². The fourth-order valence-corrected chi connectivity index (χ4v) is 4.11. The van der Waals surface area contributed by atoms with Gasteiger partial charge in [0.2, 0.25) is 0 Å². The molecule has 0 amide bonds. The largest absolute Gasteiger partial charge is 0.349 e. The maximum Gasteiger partial charge on any atom is 0.266 e. The first-order valence-electron chi connectivity index (χ1n) is 6.77. The Morgan fingerprint density at radius 3 is 2.86 bits per heavy atom. The highest BCUT2D eigenvalue weighted by molar-refractivity contribution is 7.26. The molecule has 1 aliphatic heterocycles. The molecule has 0 atom stereocenters. The predicted molar refractivity (Wildman–Crippen MR) is 84.2 cm³/mol. The first-order chi connectivity index (χ1) is 10.5. The van der Waals surface area contributed by atoms with Gasteiger partial charge in [-0.15, -0.1) is 11.3 Å². The van der Waals surface area contributed by atoms with Gasteiger partial charge in [0, 0.05) is 24.5 Å². The number of thiophene rings is 1. The average Bonchev–Trinajstić information content (AvgIpc) is 3.03. The van der Waals surface area contributed by atoms with Crippen molar-refractivity contribution in [1.29, 1.82) is 0 Å². The minimum Gasteiger partial charge on any atom is -0.349 e. The van der Waals surface area contributed by atoms with E-state index in [9.17, 15) is 8.78 Å². The van der Waals surface area contributed by atoms with Crippen LogP contribution in [0.15, 0.2) is 12.5 Å². The summed E-state index contributed by atoms with van der Waals surface area (Å²) in [5.74, 6) is -2.11. The SMILES string of the molecule is Cc1c(Cl)cnc2sc3c(N4CCC(F)(F)C4)ncnc3c12. The van der Waals surface area contributed by atoms with E-state index < -0.39 is 5.92 Å². The van der Waals surface area contributed by atoms with Gasteiger partial charge in [-0.25, -0.2) is 23.7 Å². The summed E-state index contributed by atoms with van der Waals surface area (Å²) in [5, 5.41) is 1.45. The third kappa shape index (κ3) is 2.03. The number of nitrogens with zero attached hydrogens (tertiary/aromatic N) is 4. The van der Waals surface area contributed by atoms with Gasteiger partial charge in [-0.3, -0.25) is 0 Å². The van der Waals surface area contributed by atoms with Crippen molar-refractivity contribution in [3.05, 3.63) is 23.1 Å². The van der Waals surface area contributed by atoms with Gasteiger partial charge in [-0.2, -0.15) is 0 Å². The van der Waals surface area contributed by atoms with Crippen molar-refractivity contribution in [3.8, 4) is 0 Å². The molecule has 0 unspecified atom stereocenters. The lowest BCUT2D eigenvalue weighted by Gasteiger charge is -2.17. The summed E-state index contributed by atoms with van der Waals surface area (Å²) in [6, 6.07) is 0. The van der Waals surface area contributed by atoms with Crippen molar-refractivity contribution in [1.82, 2.24) is 15.0 Å². The molecule has 3 aromatic heterocycles. The third-order valence-corrected chi connectivity index (χ3v) is 5.40. The second-order valence-corrected chi connectivity index (χ2v) is 6.82. The summed E-state index contributed by atoms with van der Waals surface area (Å²) >= 11 is 7.56. The molecule has 1 saturated heterocycles. The molecule has 22 heavy (non-hydrogen) atoms. The van der Waals surface area contributed by atoms with Crippen LogP contribution in [0.25, 0.3) is 20.4 Å². The van der Waals surface area contributed by atoms with Crippen molar-refractivity contribution in [2.24, 2.45) is 0 Å². The molecule has 0 N–H and O–H groups in total. The maximum atomic E-state index is 13.5. The number of alkyl halides is 2. The fourth-order valence-electron chi connectivity index (χ4n) is 2.79. The summed E-state index contributed by atoms with van der Waals surface area (Å²) in [5.41, 5.74) is 1.63. The van der Waals surface area contributed by atoms with Crippen LogP contribution in [0.1, 0.15) is 12.0 Å². The van der Waals surface area contributed by atoms with Crippen LogP contribution < -0.4 is 4.90 Å². The van der Waals surface area contributed by atoms with Gasteiger partial charge in [0.15, 0.2) is 0 Å². The quantitative estimate of drug-likeness (QED) is 0.670. The number of hydrogen-bond acceptors (Lipinski definition) is 5. The zero-order chi connectivity index (χ0) is 15.5. The predicted octanol–water partition coefficient (Wildman–Crippen LogP) is 4.05. The lowest BCUT2D eigenvalue weighted by atomic mass is 10.2. The van der Waals surface area contributed by atoms with Crippen molar-refractivity contribution in [3.63, 3.8) is 0 Å². The maximum absolute atomic E-state index is 13.5. The molecule has 0 aliphatic carbocycles. The zero-order valence-corrected chi connectivity index (χ0v) is 13.2. The van der Waals surface area contributed by atoms with Crippen molar-refractivity contribution in [2.45, 2.75) is 19.3 Å². The molecule has 1 fully saturated rings. The molecule has 0 aromatic carbocycles. The summed E-state index contributed by atoms with van der Waals surface area (Å²) in [6.07, 6.45) is 2.87. The topological polar surface area (TPSA) is 41.9 Å². The Hall–Kier alpha value is -1.60. The van der Waals surface area contributed by atoms with Gasteiger partial charge in [0.25, 0.3) is 5.92 Å². The van der Waals surface area contributed by atoms with E-state index >= 15 is 0 Å². The van der Waals surface area contributed by atoms with Gasteiger partial charge >= 0.3 is 0 Å². The minimum atomic E-state index is -2.66. The van der Waals surface area contributed by atoms with Crippen LogP contribution in [0.5, 0.6) is 0 Å². The molecule has 0 saturated carbocycles. The number of pyridine rings is 1. The van der Waals surface area contributed by atoms with Crippen molar-refractivity contribution in [2.75, 3.05) is 18.0 Å². The molecule has 1 aliphatic rings. The van der Waals surface area contributed by atoms with Crippen LogP contribution in [-0.2, 0) is 0 Å². The highest BCUT2D eigenvalue weighted by atomic mass is 35.5. The van der Waals surface area contributed by atoms with E-state index in [-0.39, 0.29) is 13.0 Å². The van der Waals surface area contributed by atoms with Gasteiger partial charge in [0.05, 0.1) is 21.8 Å². The molecule has 0 radical (unpaired) electrons. The Morgan fingerprint density at radius 1 is 1.32 bits per heavy atom. The molecular formula is C14H11ClF2N4S. The van der Waals surface area contributed by atoms with Crippen LogP contribution in [0, 0.1) is 6.92 Å². The lowest BCUT2D eigenvalue weighted by molar-refractivity contribution is 0.0257. The zero-order valence-electron chi connectivity index (χ0n) is 11.6. The van der Waals surface area contributed by atoms with Gasteiger partial charge < -0.3 is 4.90 Å². The van der Waals surface area contributed by atoms with Crippen LogP contribution in [0.3, 0.4) is 0 Å². The number of hydrogen-bond donors (Lipinski definition) is 0. The summed E-state index contributed by atoms with van der Waals surface area (Å²) in [6.45, 7) is 1.89. The molecule has 0 bridgehead atoms. The highest BCUT2D eigenvalue weighted by Crippen LogP contribution is 2.41. The standard InChI is InChI=1S/C14H11ClF2N4S/c1-7-8(15)4-18-13-9(7)10-11(22-13)12(20-6-19-10)21-3-2-14(16,17)5-21/h4,6H,2-3,5H2,1H3. The normalized spacial score (nSPS) is 17.7. The molecule has 114 valence electrons. The number of halogens is 3. The molecular weight excluding hydrogens is 330 g/mol. The second kappa shape index (κ2) is 4.70. The van der Waals surface area contributed by atoms with Gasteiger partial charge in [0.1, 0.15) is 17.0 Å². The monoisotopic (exact) mass is 340 g/mol. The number of aryl methyl sites for hydroxylation is 1. The smallest absolute Gasteiger partial charge is 0.266 e. The van der Waals surface area contributed by atoms with Crippen molar-refractivity contribution >= 4 is 49.2 Å². The Bertz CT molecular complexity index is 895. The van der Waals surface area contributed by atoms with E-state index in [1.807, 2.05) is 6.92 Å². The molecule has 8 heteroatoms. The Labute approximate surface area is 133 Å². The summed E-state index contributed by atoms with van der Waals surface area (Å²) < 4.78 is 27.8. The van der Waals surface area contributed by atoms with E-state index in [1.54, 1.807) is 11.1 Å². The Morgan fingerprint density at radius 2 is 2.14 bits per heavy atom. The first-order valence-corrected chi connectivity index (χ1v) is 7.97. The van der Waals surface area contributed by atoms with E-state index in [2.05, 4.69) is 15.0 Å². The Balaban J connectivity index is 1.96. The fraction of sp³-hybridized carbons (Fsp3) is 0.357. The second-order valence-electron chi connectivity index (χ2n) is 5.42. The summed E-state index contributed by atoms with van der Waals surface area (Å²) in [4.78, 5) is 15.3. The molecule has 4 rings (SSSR count). The molecule has 3 aromatic rings. The van der Waals surface area contributed by atoms with E-state index in [0.717, 1.165) is 26.0 Å². The molecule has 0 spiro atoms. The van der Waals surface area contributed by atoms with Crippen molar-refractivity contribution < 1.29 is 8.78 Å². The van der Waals surface area contributed by atoms with E-state index in [4.69, 9.17) is 11.6 Å². The number of anilines is 1. The number of fused-ring (bicyclic) bond motifs is 3. The summed E-state index contributed by atoms with van der Waals surface area (Å²) in [7, 11) is 0. The molecule has 4 nitrogen and oxygen atoms in total. The first kappa shape index (κ1) is 14.0. The van der Waals surface area contributed by atoms with Gasteiger partial charge in [-0.1, -0.05) is 11.6 Å². The van der Waals surface area contributed by atoms with Gasteiger partial charge in [-0.05, 0) is 12.5 Å².